The second kappa shape index (κ2) is 9.10. The fourth-order valence-electron chi connectivity index (χ4n) is 7.48. The minimum atomic E-state index is -0.258. The van der Waals surface area contributed by atoms with Crippen LogP contribution < -0.4 is 16.2 Å². The number of morpholine rings is 1. The number of para-hydroxylation sites is 1. The molecule has 6 heteroatoms. The number of hydrogen-bond acceptors (Lipinski definition) is 5. The summed E-state index contributed by atoms with van der Waals surface area (Å²) in [5, 5.41) is 3.15. The van der Waals surface area contributed by atoms with Gasteiger partial charge in [0.2, 0.25) is 5.91 Å². The lowest BCUT2D eigenvalue weighted by atomic mass is 9.73. The monoisotopic (exact) mass is 484 g/mol. The molecule has 5 aliphatic rings. The average Bonchev–Trinajstić information content (AvgIpc) is 3.44. The molecule has 3 heterocycles. The molecule has 2 saturated heterocycles. The lowest BCUT2D eigenvalue weighted by molar-refractivity contribution is -0.118. The van der Waals surface area contributed by atoms with E-state index in [9.17, 15) is 4.79 Å². The number of nitrogens with zero attached hydrogens (tertiary/aromatic N) is 1. The molecule has 3 aliphatic heterocycles. The largest absolute Gasteiger partial charge is 0.379 e. The molecule has 1 spiro atoms. The van der Waals surface area contributed by atoms with Gasteiger partial charge in [0.15, 0.2) is 0 Å². The molecule has 6 atom stereocenters. The topological polar surface area (TPSA) is 65.6 Å². The van der Waals surface area contributed by atoms with Crippen LogP contribution in [-0.2, 0) is 21.5 Å². The molecule has 0 radical (unpaired) electrons. The van der Waals surface area contributed by atoms with E-state index >= 15 is 0 Å². The van der Waals surface area contributed by atoms with E-state index in [0.29, 0.717) is 29.8 Å². The molecule has 7 rings (SSSR count). The summed E-state index contributed by atoms with van der Waals surface area (Å²) in [6, 6.07) is 18.0. The van der Waals surface area contributed by atoms with E-state index in [0.717, 1.165) is 51.4 Å². The van der Waals surface area contributed by atoms with Crippen molar-refractivity contribution >= 4 is 17.7 Å². The van der Waals surface area contributed by atoms with Crippen LogP contribution in [0.3, 0.4) is 0 Å². The molecule has 0 bridgehead atoms. The third-order valence-electron chi connectivity index (χ3n) is 9.44. The Morgan fingerprint density at radius 2 is 1.94 bits per heavy atom. The molecule has 3 N–H and O–H groups in total. The highest BCUT2D eigenvalue weighted by atomic mass is 16.5. The van der Waals surface area contributed by atoms with Crippen LogP contribution in [0.5, 0.6) is 0 Å². The molecule has 36 heavy (non-hydrogen) atoms. The Morgan fingerprint density at radius 3 is 2.86 bits per heavy atom. The Labute approximate surface area is 213 Å². The first kappa shape index (κ1) is 22.7. The van der Waals surface area contributed by atoms with Crippen LogP contribution in [0.4, 0.5) is 5.69 Å². The zero-order chi connectivity index (χ0) is 24.1. The molecule has 1 amide bonds. The van der Waals surface area contributed by atoms with Crippen LogP contribution in [0.25, 0.3) is 6.08 Å². The molecule has 6 nitrogen and oxygen atoms in total. The minimum absolute atomic E-state index is 0.227. The molecule has 0 aromatic heterocycles. The summed E-state index contributed by atoms with van der Waals surface area (Å²) in [4.78, 5) is 15.4. The molecular formula is C30H36N4O2. The van der Waals surface area contributed by atoms with E-state index in [1.807, 2.05) is 12.1 Å². The third-order valence-corrected chi connectivity index (χ3v) is 9.44. The van der Waals surface area contributed by atoms with E-state index in [1.165, 1.54) is 29.5 Å². The number of fused-ring (bicyclic) bond motifs is 3. The molecule has 188 valence electrons. The lowest BCUT2D eigenvalue weighted by Gasteiger charge is -2.33. The summed E-state index contributed by atoms with van der Waals surface area (Å²) in [5.41, 5.74) is 11.8. The Hall–Kier alpha value is -2.51. The number of hydrazine groups is 1. The van der Waals surface area contributed by atoms with Gasteiger partial charge in [0, 0.05) is 37.4 Å². The number of carbonyl (C=O) groups excluding carboxylic acids is 1. The summed E-state index contributed by atoms with van der Waals surface area (Å²) >= 11 is 0. The number of nitrogens with one attached hydrogen (secondary N) is 3. The second-order valence-electron chi connectivity index (χ2n) is 11.4. The SMILES string of the molecule is O=C1Nc2ccccc2[C@]12CC2C1CCC2C(/C=C/c3cccc(CN4CCOCC4)c3)NNC2C1. The predicted molar refractivity (Wildman–Crippen MR) is 141 cm³/mol. The van der Waals surface area contributed by atoms with Crippen molar-refractivity contribution in [3.05, 3.63) is 71.3 Å². The average molecular weight is 485 g/mol. The van der Waals surface area contributed by atoms with Gasteiger partial charge in [0.05, 0.1) is 18.6 Å². The van der Waals surface area contributed by atoms with E-state index in [4.69, 9.17) is 4.74 Å². The van der Waals surface area contributed by atoms with E-state index < -0.39 is 0 Å². The molecule has 2 aromatic carbocycles. The Bertz CT molecular complexity index is 1180. The van der Waals surface area contributed by atoms with Crippen LogP contribution in [0, 0.1) is 17.8 Å². The van der Waals surface area contributed by atoms with Gasteiger partial charge >= 0.3 is 0 Å². The lowest BCUT2D eigenvalue weighted by Crippen LogP contribution is -2.37. The number of rotatable bonds is 5. The highest BCUT2D eigenvalue weighted by Crippen LogP contribution is 2.64. The van der Waals surface area contributed by atoms with Gasteiger partial charge in [-0.3, -0.25) is 20.5 Å². The smallest absolute Gasteiger partial charge is 0.235 e. The van der Waals surface area contributed by atoms with Gasteiger partial charge in [0.1, 0.15) is 0 Å². The van der Waals surface area contributed by atoms with Gasteiger partial charge < -0.3 is 10.1 Å². The molecule has 2 saturated carbocycles. The van der Waals surface area contributed by atoms with Crippen molar-refractivity contribution in [3.8, 4) is 0 Å². The maximum absolute atomic E-state index is 12.9. The summed E-state index contributed by atoms with van der Waals surface area (Å²) in [6.45, 7) is 4.70. The third kappa shape index (κ3) is 3.91. The molecule has 5 unspecified atom stereocenters. The van der Waals surface area contributed by atoms with E-state index in [-0.39, 0.29) is 11.3 Å². The first-order valence-electron chi connectivity index (χ1n) is 13.7. The maximum atomic E-state index is 12.9. The number of carbonyl (C=O) groups is 1. The summed E-state index contributed by atoms with van der Waals surface area (Å²) in [7, 11) is 0. The molecule has 2 aliphatic carbocycles. The van der Waals surface area contributed by atoms with Gasteiger partial charge in [-0.15, -0.1) is 0 Å². The van der Waals surface area contributed by atoms with Crippen LogP contribution >= 0.6 is 0 Å². The molecule has 4 fully saturated rings. The fraction of sp³-hybridized carbons (Fsp3) is 0.500. The van der Waals surface area contributed by atoms with Crippen LogP contribution in [0.1, 0.15) is 42.4 Å². The van der Waals surface area contributed by atoms with Crippen LogP contribution in [-0.4, -0.2) is 49.2 Å². The van der Waals surface area contributed by atoms with Crippen molar-refractivity contribution in [2.24, 2.45) is 17.8 Å². The Balaban J connectivity index is 0.981. The molecular weight excluding hydrogens is 448 g/mol. The number of ether oxygens (including phenoxy) is 1. The van der Waals surface area contributed by atoms with Crippen LogP contribution in [0.15, 0.2) is 54.6 Å². The van der Waals surface area contributed by atoms with Crippen molar-refractivity contribution in [1.29, 1.82) is 0 Å². The summed E-state index contributed by atoms with van der Waals surface area (Å²) in [6.07, 6.45) is 9.22. The second-order valence-corrected chi connectivity index (χ2v) is 11.4. The van der Waals surface area contributed by atoms with Gasteiger partial charge in [-0.25, -0.2) is 0 Å². The zero-order valence-electron chi connectivity index (χ0n) is 20.8. The Morgan fingerprint density at radius 1 is 1.06 bits per heavy atom. The zero-order valence-corrected chi connectivity index (χ0v) is 20.8. The number of amides is 1. The summed E-state index contributed by atoms with van der Waals surface area (Å²) < 4.78 is 5.48. The number of benzene rings is 2. The van der Waals surface area contributed by atoms with Crippen molar-refractivity contribution < 1.29 is 9.53 Å². The fourth-order valence-corrected chi connectivity index (χ4v) is 7.48. The van der Waals surface area contributed by atoms with Crippen molar-refractivity contribution in [2.45, 2.75) is 49.7 Å². The maximum Gasteiger partial charge on any atom is 0.235 e. The summed E-state index contributed by atoms with van der Waals surface area (Å²) in [5.74, 6) is 1.92. The van der Waals surface area contributed by atoms with Gasteiger partial charge in [-0.2, -0.15) is 0 Å². The van der Waals surface area contributed by atoms with Gasteiger partial charge in [0.25, 0.3) is 0 Å². The first-order chi connectivity index (χ1) is 17.7. The standard InChI is InChI=1S/C30H36N4O2/c35-29-30(24-6-1-2-7-27(24)31-29)18-25(30)22-9-10-23-26(32-33-28(23)17-22)11-8-20-4-3-5-21(16-20)19-34-12-14-36-15-13-34/h1-8,11,16,22-23,25-26,28,32-33H,9-10,12-15,17-19H2,(H,31,35)/b11-8+/t22?,23?,25?,26?,28?,30-/m0/s1. The quantitative estimate of drug-likeness (QED) is 0.604. The Kier molecular flexibility index (Phi) is 5.73. The molecule has 2 aromatic rings. The van der Waals surface area contributed by atoms with Crippen molar-refractivity contribution in [3.63, 3.8) is 0 Å². The van der Waals surface area contributed by atoms with Crippen molar-refractivity contribution in [1.82, 2.24) is 15.8 Å². The predicted octanol–water partition coefficient (Wildman–Crippen LogP) is 3.70. The van der Waals surface area contributed by atoms with Gasteiger partial charge in [-0.05, 0) is 66.2 Å². The van der Waals surface area contributed by atoms with Crippen molar-refractivity contribution in [2.75, 3.05) is 31.6 Å². The number of anilines is 1. The minimum Gasteiger partial charge on any atom is -0.379 e. The highest BCUT2D eigenvalue weighted by Gasteiger charge is 2.67. The number of hydrogen-bond donors (Lipinski definition) is 3. The highest BCUT2D eigenvalue weighted by molar-refractivity contribution is 6.08. The van der Waals surface area contributed by atoms with E-state index in [2.05, 4.69) is 69.6 Å². The van der Waals surface area contributed by atoms with E-state index in [1.54, 1.807) is 0 Å². The van der Waals surface area contributed by atoms with Crippen LogP contribution in [0.2, 0.25) is 0 Å². The first-order valence-corrected chi connectivity index (χ1v) is 13.7. The van der Waals surface area contributed by atoms with Gasteiger partial charge in [-0.1, -0.05) is 54.6 Å². The normalized spacial score (nSPS) is 35.7.